The molecule has 0 heterocycles. The van der Waals surface area contributed by atoms with E-state index in [0.717, 1.165) is 10.8 Å². The van der Waals surface area contributed by atoms with Gasteiger partial charge in [-0.2, -0.15) is 0 Å². The molecule has 0 aliphatic carbocycles. The minimum absolute atomic E-state index is 0.0752. The Hall–Kier alpha value is -4.82. The van der Waals surface area contributed by atoms with Crippen molar-refractivity contribution in [2.45, 2.75) is 25.0 Å². The first-order valence-electron chi connectivity index (χ1n) is 12.1. The van der Waals surface area contributed by atoms with Crippen LogP contribution in [0.2, 0.25) is 0 Å². The predicted octanol–water partition coefficient (Wildman–Crippen LogP) is 6.12. The van der Waals surface area contributed by atoms with Crippen LogP contribution in [0.25, 0.3) is 10.8 Å². The lowest BCUT2D eigenvalue weighted by Crippen LogP contribution is -2.31. The van der Waals surface area contributed by atoms with Crippen LogP contribution in [0.5, 0.6) is 11.5 Å². The SMILES string of the molecule is O=C(/C=C/CC[C@H](Oc1ccccc1)[C@@H](OC(=O)Nc1cccc2ccccc12)c1ccc(O)cc1)NO. The number of phenols is 1. The molecule has 2 amide bonds. The number of anilines is 1. The van der Waals surface area contributed by atoms with Crippen molar-refractivity contribution in [1.82, 2.24) is 5.48 Å². The monoisotopic (exact) mass is 512 g/mol. The fraction of sp³-hybridized carbons (Fsp3) is 0.133. The zero-order valence-corrected chi connectivity index (χ0v) is 20.5. The molecule has 4 aromatic rings. The van der Waals surface area contributed by atoms with Crippen LogP contribution in [0, 0.1) is 0 Å². The summed E-state index contributed by atoms with van der Waals surface area (Å²) >= 11 is 0. The number of allylic oxidation sites excluding steroid dienone is 1. The maximum Gasteiger partial charge on any atom is 0.412 e. The standard InChI is InChI=1S/C30H28N2O6/c33-23-19-17-22(18-20-23)29(38-30(35)31-26-14-8-10-21-9-4-5-13-25(21)26)27(15-6-7-16-28(34)32-36)37-24-11-2-1-3-12-24/h1-5,7-14,16-20,27,29,33,36H,6,15H2,(H,31,35)(H,32,34)/b16-7+/t27-,29-/m0/s1. The third-order valence-electron chi connectivity index (χ3n) is 5.85. The number of hydrogen-bond acceptors (Lipinski definition) is 6. The van der Waals surface area contributed by atoms with Crippen molar-refractivity contribution in [1.29, 1.82) is 0 Å². The lowest BCUT2D eigenvalue weighted by Gasteiger charge is -2.28. The number of rotatable bonds is 10. The van der Waals surface area contributed by atoms with Crippen molar-refractivity contribution < 1.29 is 29.4 Å². The first-order chi connectivity index (χ1) is 18.5. The van der Waals surface area contributed by atoms with Gasteiger partial charge in [0.05, 0.1) is 5.69 Å². The highest BCUT2D eigenvalue weighted by Crippen LogP contribution is 2.31. The summed E-state index contributed by atoms with van der Waals surface area (Å²) in [7, 11) is 0. The van der Waals surface area contributed by atoms with Crippen LogP contribution in [0.15, 0.2) is 109 Å². The van der Waals surface area contributed by atoms with Crippen molar-refractivity contribution in [3.63, 3.8) is 0 Å². The van der Waals surface area contributed by atoms with E-state index in [4.69, 9.17) is 14.7 Å². The summed E-state index contributed by atoms with van der Waals surface area (Å²) in [6.45, 7) is 0. The molecule has 8 heteroatoms. The van der Waals surface area contributed by atoms with Gasteiger partial charge in [-0.25, -0.2) is 10.3 Å². The number of fused-ring (bicyclic) bond motifs is 1. The molecule has 4 aromatic carbocycles. The van der Waals surface area contributed by atoms with Gasteiger partial charge in [-0.05, 0) is 54.1 Å². The van der Waals surface area contributed by atoms with Crippen LogP contribution < -0.4 is 15.5 Å². The average molecular weight is 513 g/mol. The van der Waals surface area contributed by atoms with Gasteiger partial charge in [-0.3, -0.25) is 15.3 Å². The van der Waals surface area contributed by atoms with Crippen molar-refractivity contribution in [3.05, 3.63) is 115 Å². The molecule has 0 unspecified atom stereocenters. The molecule has 0 bridgehead atoms. The zero-order valence-electron chi connectivity index (χ0n) is 20.5. The number of hydrogen-bond donors (Lipinski definition) is 4. The molecule has 0 saturated heterocycles. The molecule has 38 heavy (non-hydrogen) atoms. The second-order valence-electron chi connectivity index (χ2n) is 8.49. The molecular weight excluding hydrogens is 484 g/mol. The van der Waals surface area contributed by atoms with Crippen LogP contribution in [0.4, 0.5) is 10.5 Å². The third kappa shape index (κ3) is 7.11. The zero-order chi connectivity index (χ0) is 26.7. The van der Waals surface area contributed by atoms with E-state index < -0.39 is 24.2 Å². The van der Waals surface area contributed by atoms with E-state index in [9.17, 15) is 14.7 Å². The number of nitrogens with one attached hydrogen (secondary N) is 2. The second-order valence-corrected chi connectivity index (χ2v) is 8.49. The Labute approximate surface area is 220 Å². The fourth-order valence-electron chi connectivity index (χ4n) is 4.05. The van der Waals surface area contributed by atoms with Crippen molar-refractivity contribution >= 4 is 28.5 Å². The summed E-state index contributed by atoms with van der Waals surface area (Å²) in [4.78, 5) is 24.6. The van der Waals surface area contributed by atoms with Gasteiger partial charge in [0.25, 0.3) is 5.91 Å². The van der Waals surface area contributed by atoms with Gasteiger partial charge in [0.15, 0.2) is 6.10 Å². The summed E-state index contributed by atoms with van der Waals surface area (Å²) in [5.41, 5.74) is 2.78. The number of hydroxylamine groups is 1. The second kappa shape index (κ2) is 12.9. The van der Waals surface area contributed by atoms with Crippen LogP contribution >= 0.6 is 0 Å². The minimum Gasteiger partial charge on any atom is -0.508 e. The largest absolute Gasteiger partial charge is 0.508 e. The van der Waals surface area contributed by atoms with Gasteiger partial charge in [-0.15, -0.1) is 0 Å². The summed E-state index contributed by atoms with van der Waals surface area (Å²) in [6.07, 6.45) is 1.40. The molecule has 194 valence electrons. The topological polar surface area (TPSA) is 117 Å². The number of phenolic OH excluding ortho intramolecular Hbond substituents is 1. The summed E-state index contributed by atoms with van der Waals surface area (Å²) in [5.74, 6) is 0.00827. The molecule has 0 aliphatic rings. The van der Waals surface area contributed by atoms with Crippen molar-refractivity contribution in [2.75, 3.05) is 5.32 Å². The molecule has 0 aliphatic heterocycles. The van der Waals surface area contributed by atoms with Crippen molar-refractivity contribution in [2.24, 2.45) is 0 Å². The van der Waals surface area contributed by atoms with Gasteiger partial charge >= 0.3 is 6.09 Å². The number of amides is 2. The Morgan fingerprint density at radius 3 is 2.34 bits per heavy atom. The highest BCUT2D eigenvalue weighted by Gasteiger charge is 2.29. The van der Waals surface area contributed by atoms with E-state index in [1.54, 1.807) is 41.9 Å². The molecule has 0 saturated carbocycles. The molecule has 0 radical (unpaired) electrons. The minimum atomic E-state index is -0.856. The first kappa shape index (κ1) is 26.2. The summed E-state index contributed by atoms with van der Waals surface area (Å²) < 4.78 is 12.2. The lowest BCUT2D eigenvalue weighted by molar-refractivity contribution is -0.124. The van der Waals surface area contributed by atoms with E-state index in [2.05, 4.69) is 5.32 Å². The van der Waals surface area contributed by atoms with Crippen molar-refractivity contribution in [3.8, 4) is 11.5 Å². The van der Waals surface area contributed by atoms with Crippen LogP contribution in [0.1, 0.15) is 24.5 Å². The predicted molar refractivity (Wildman–Crippen MR) is 144 cm³/mol. The molecule has 4 N–H and O–H groups in total. The van der Waals surface area contributed by atoms with E-state index in [0.29, 0.717) is 29.8 Å². The molecule has 0 aromatic heterocycles. The maximum atomic E-state index is 13.2. The van der Waals surface area contributed by atoms with Gasteiger partial charge in [0, 0.05) is 11.5 Å². The average Bonchev–Trinajstić information content (AvgIpc) is 2.94. The van der Waals surface area contributed by atoms with E-state index in [-0.39, 0.29) is 5.75 Å². The van der Waals surface area contributed by atoms with E-state index in [1.165, 1.54) is 18.2 Å². The molecule has 0 fully saturated rings. The molecule has 0 spiro atoms. The van der Waals surface area contributed by atoms with E-state index >= 15 is 0 Å². The smallest absolute Gasteiger partial charge is 0.412 e. The Morgan fingerprint density at radius 2 is 1.58 bits per heavy atom. The number of carbonyl (C=O) groups is 2. The van der Waals surface area contributed by atoms with Crippen LogP contribution in [0.3, 0.4) is 0 Å². The van der Waals surface area contributed by atoms with Crippen LogP contribution in [-0.2, 0) is 9.53 Å². The summed E-state index contributed by atoms with van der Waals surface area (Å²) in [5, 5.41) is 23.2. The fourth-order valence-corrected chi connectivity index (χ4v) is 4.05. The van der Waals surface area contributed by atoms with E-state index in [1.807, 2.05) is 54.6 Å². The number of para-hydroxylation sites is 1. The summed E-state index contributed by atoms with van der Waals surface area (Å²) in [6, 6.07) is 28.8. The first-order valence-corrected chi connectivity index (χ1v) is 12.1. The highest BCUT2D eigenvalue weighted by atomic mass is 16.6. The maximum absolute atomic E-state index is 13.2. The Kier molecular flexibility index (Phi) is 8.93. The Balaban J connectivity index is 1.61. The van der Waals surface area contributed by atoms with Gasteiger partial charge in [-0.1, -0.05) is 72.8 Å². The number of aromatic hydroxyl groups is 1. The molecule has 8 nitrogen and oxygen atoms in total. The third-order valence-corrected chi connectivity index (χ3v) is 5.85. The Bertz CT molecular complexity index is 1380. The van der Waals surface area contributed by atoms with Gasteiger partial charge in [0.1, 0.15) is 17.6 Å². The quantitative estimate of drug-likeness (QED) is 0.115. The Morgan fingerprint density at radius 1 is 0.868 bits per heavy atom. The molecule has 4 rings (SSSR count). The molecular formula is C30H28N2O6. The number of ether oxygens (including phenoxy) is 2. The normalized spacial score (nSPS) is 12.6. The van der Waals surface area contributed by atoms with Gasteiger partial charge < -0.3 is 14.6 Å². The lowest BCUT2D eigenvalue weighted by atomic mass is 10.00. The molecule has 2 atom stereocenters. The van der Waals surface area contributed by atoms with Crippen LogP contribution in [-0.4, -0.2) is 28.4 Å². The van der Waals surface area contributed by atoms with Gasteiger partial charge in [0.2, 0.25) is 0 Å². The number of carbonyl (C=O) groups excluding carboxylic acids is 2. The highest BCUT2D eigenvalue weighted by molar-refractivity contribution is 6.00. The number of benzene rings is 4.